The molecule has 0 saturated carbocycles. The fraction of sp³-hybridized carbons (Fsp3) is 0.529. The lowest BCUT2D eigenvalue weighted by Gasteiger charge is -2.08. The first kappa shape index (κ1) is 19.8. The van der Waals surface area contributed by atoms with Gasteiger partial charge in [0.1, 0.15) is 0 Å². The number of ether oxygens (including phenoxy) is 2. The quantitative estimate of drug-likeness (QED) is 0.327. The molecule has 1 aromatic carbocycles. The van der Waals surface area contributed by atoms with E-state index in [1.165, 1.54) is 0 Å². The van der Waals surface area contributed by atoms with Crippen molar-refractivity contribution in [3.63, 3.8) is 0 Å². The minimum absolute atomic E-state index is 0.177. The van der Waals surface area contributed by atoms with Gasteiger partial charge in [0.05, 0.1) is 16.7 Å². The number of halogens is 2. The molecular weight excluding hydrogens is 339 g/mol. The molecule has 0 heterocycles. The molecular formula is C17H22Cl2O4. The molecule has 0 radical (unpaired) electrons. The lowest BCUT2D eigenvalue weighted by Crippen LogP contribution is -2.09. The zero-order valence-electron chi connectivity index (χ0n) is 13.3. The molecule has 128 valence electrons. The van der Waals surface area contributed by atoms with Gasteiger partial charge < -0.3 is 9.47 Å². The van der Waals surface area contributed by atoms with Crippen LogP contribution in [0.5, 0.6) is 5.75 Å². The largest absolute Gasteiger partial charge is 0.466 e. The Balaban J connectivity index is 2.16. The van der Waals surface area contributed by atoms with Gasteiger partial charge in [-0.2, -0.15) is 0 Å². The van der Waals surface area contributed by atoms with Crippen LogP contribution in [-0.2, 0) is 14.3 Å². The van der Waals surface area contributed by atoms with Crippen molar-refractivity contribution in [1.82, 2.24) is 0 Å². The Labute approximate surface area is 147 Å². The van der Waals surface area contributed by atoms with E-state index in [-0.39, 0.29) is 24.1 Å². The zero-order chi connectivity index (χ0) is 17.1. The van der Waals surface area contributed by atoms with Crippen LogP contribution in [0.3, 0.4) is 0 Å². The van der Waals surface area contributed by atoms with E-state index >= 15 is 0 Å². The summed E-state index contributed by atoms with van der Waals surface area (Å²) in [6.07, 6.45) is 4.64. The molecule has 4 nitrogen and oxygen atoms in total. The third-order valence-electron chi connectivity index (χ3n) is 3.16. The first-order valence-electron chi connectivity index (χ1n) is 7.85. The highest BCUT2D eigenvalue weighted by Crippen LogP contribution is 2.32. The lowest BCUT2D eigenvalue weighted by molar-refractivity contribution is -0.143. The Hall–Kier alpha value is -1.26. The number of para-hydroxylation sites is 1. The summed E-state index contributed by atoms with van der Waals surface area (Å²) in [7, 11) is 0. The molecule has 0 bridgehead atoms. The number of hydrogen-bond acceptors (Lipinski definition) is 4. The Bertz CT molecular complexity index is 497. The van der Waals surface area contributed by atoms with Crippen molar-refractivity contribution in [2.75, 3.05) is 6.61 Å². The second-order valence-corrected chi connectivity index (χ2v) is 5.97. The Morgan fingerprint density at radius 1 is 0.957 bits per heavy atom. The Morgan fingerprint density at radius 3 is 2.17 bits per heavy atom. The number of carbonyl (C=O) groups is 2. The SMILES string of the molecule is CCCCOC(=O)CCCCCC(=O)Oc1c(Cl)cccc1Cl. The number of benzene rings is 1. The Morgan fingerprint density at radius 2 is 1.57 bits per heavy atom. The molecule has 6 heteroatoms. The van der Waals surface area contributed by atoms with Crippen LogP contribution in [-0.4, -0.2) is 18.5 Å². The summed E-state index contributed by atoms with van der Waals surface area (Å²) < 4.78 is 10.2. The molecule has 1 rings (SSSR count). The van der Waals surface area contributed by atoms with Crippen molar-refractivity contribution >= 4 is 35.1 Å². The van der Waals surface area contributed by atoms with Gasteiger partial charge >= 0.3 is 11.9 Å². The van der Waals surface area contributed by atoms with Crippen LogP contribution in [0.15, 0.2) is 18.2 Å². The molecule has 0 spiro atoms. The van der Waals surface area contributed by atoms with Gasteiger partial charge in [0, 0.05) is 12.8 Å². The van der Waals surface area contributed by atoms with Crippen LogP contribution in [0.25, 0.3) is 0 Å². The van der Waals surface area contributed by atoms with Gasteiger partial charge in [0.2, 0.25) is 0 Å². The van der Waals surface area contributed by atoms with Gasteiger partial charge in [-0.3, -0.25) is 9.59 Å². The molecule has 0 aliphatic rings. The maximum atomic E-state index is 11.8. The highest BCUT2D eigenvalue weighted by atomic mass is 35.5. The maximum Gasteiger partial charge on any atom is 0.311 e. The maximum absolute atomic E-state index is 11.8. The van der Waals surface area contributed by atoms with Crippen molar-refractivity contribution in [3.05, 3.63) is 28.2 Å². The third-order valence-corrected chi connectivity index (χ3v) is 3.75. The van der Waals surface area contributed by atoms with Crippen LogP contribution in [0, 0.1) is 0 Å². The molecule has 0 fully saturated rings. The molecule has 23 heavy (non-hydrogen) atoms. The van der Waals surface area contributed by atoms with E-state index in [1.807, 2.05) is 6.92 Å². The van der Waals surface area contributed by atoms with Crippen molar-refractivity contribution in [2.24, 2.45) is 0 Å². The standard InChI is InChI=1S/C17H22Cl2O4/c1-2-3-12-22-15(20)10-5-4-6-11-16(21)23-17-13(18)8-7-9-14(17)19/h7-9H,2-6,10-12H2,1H3. The third kappa shape index (κ3) is 8.24. The lowest BCUT2D eigenvalue weighted by atomic mass is 10.1. The Kier molecular flexibility index (Phi) is 9.72. The van der Waals surface area contributed by atoms with Crippen molar-refractivity contribution in [3.8, 4) is 5.75 Å². The summed E-state index contributed by atoms with van der Waals surface area (Å²) in [5, 5.41) is 0.612. The van der Waals surface area contributed by atoms with E-state index in [2.05, 4.69) is 0 Å². The van der Waals surface area contributed by atoms with Gasteiger partial charge in [-0.25, -0.2) is 0 Å². The van der Waals surface area contributed by atoms with Gasteiger partial charge in [-0.1, -0.05) is 49.0 Å². The average molecular weight is 361 g/mol. The van der Waals surface area contributed by atoms with Crippen molar-refractivity contribution in [2.45, 2.75) is 51.9 Å². The predicted molar refractivity (Wildman–Crippen MR) is 91.0 cm³/mol. The van der Waals surface area contributed by atoms with Crippen LogP contribution >= 0.6 is 23.2 Å². The average Bonchev–Trinajstić information content (AvgIpc) is 2.51. The second-order valence-electron chi connectivity index (χ2n) is 5.16. The van der Waals surface area contributed by atoms with E-state index in [9.17, 15) is 9.59 Å². The molecule has 0 amide bonds. The number of esters is 2. The summed E-state index contributed by atoms with van der Waals surface area (Å²) in [5.74, 6) is -0.366. The number of rotatable bonds is 10. The van der Waals surface area contributed by atoms with Crippen molar-refractivity contribution in [1.29, 1.82) is 0 Å². The normalized spacial score (nSPS) is 10.4. The summed E-state index contributed by atoms with van der Waals surface area (Å²) in [6.45, 7) is 2.53. The minimum atomic E-state index is -0.384. The summed E-state index contributed by atoms with van der Waals surface area (Å²) >= 11 is 11.9. The summed E-state index contributed by atoms with van der Waals surface area (Å²) in [5.41, 5.74) is 0. The van der Waals surface area contributed by atoms with Crippen LogP contribution < -0.4 is 4.74 Å². The molecule has 0 N–H and O–H groups in total. The van der Waals surface area contributed by atoms with Gasteiger partial charge in [-0.15, -0.1) is 0 Å². The zero-order valence-corrected chi connectivity index (χ0v) is 14.8. The first-order valence-corrected chi connectivity index (χ1v) is 8.60. The highest BCUT2D eigenvalue weighted by Gasteiger charge is 2.12. The first-order chi connectivity index (χ1) is 11.0. The molecule has 0 unspecified atom stereocenters. The van der Waals surface area contributed by atoms with Crippen LogP contribution in [0.2, 0.25) is 10.0 Å². The fourth-order valence-electron chi connectivity index (χ4n) is 1.86. The fourth-order valence-corrected chi connectivity index (χ4v) is 2.34. The molecule has 1 aromatic rings. The number of carbonyl (C=O) groups excluding carboxylic acids is 2. The second kappa shape index (κ2) is 11.3. The minimum Gasteiger partial charge on any atom is -0.466 e. The van der Waals surface area contributed by atoms with Gasteiger partial charge in [-0.05, 0) is 31.4 Å². The van der Waals surface area contributed by atoms with E-state index in [1.54, 1.807) is 18.2 Å². The van der Waals surface area contributed by atoms with Gasteiger partial charge in [0.25, 0.3) is 0 Å². The molecule has 0 aliphatic heterocycles. The van der Waals surface area contributed by atoms with Crippen molar-refractivity contribution < 1.29 is 19.1 Å². The summed E-state index contributed by atoms with van der Waals surface area (Å²) in [6, 6.07) is 4.90. The summed E-state index contributed by atoms with van der Waals surface area (Å²) in [4.78, 5) is 23.1. The molecule has 0 aliphatic carbocycles. The molecule has 0 aromatic heterocycles. The van der Waals surface area contributed by atoms with Crippen LogP contribution in [0.4, 0.5) is 0 Å². The van der Waals surface area contributed by atoms with E-state index < -0.39 is 0 Å². The number of unbranched alkanes of at least 4 members (excludes halogenated alkanes) is 3. The smallest absolute Gasteiger partial charge is 0.311 e. The molecule has 0 atom stereocenters. The van der Waals surface area contributed by atoms with E-state index in [0.29, 0.717) is 35.9 Å². The predicted octanol–water partition coefficient (Wildman–Crippen LogP) is 5.19. The topological polar surface area (TPSA) is 52.6 Å². The van der Waals surface area contributed by atoms with E-state index in [0.717, 1.165) is 19.3 Å². The number of hydrogen-bond donors (Lipinski definition) is 0. The van der Waals surface area contributed by atoms with E-state index in [4.69, 9.17) is 32.7 Å². The highest BCUT2D eigenvalue weighted by molar-refractivity contribution is 6.37. The monoisotopic (exact) mass is 360 g/mol. The molecule has 0 saturated heterocycles. The van der Waals surface area contributed by atoms with Crippen LogP contribution in [0.1, 0.15) is 51.9 Å². The van der Waals surface area contributed by atoms with Gasteiger partial charge in [0.15, 0.2) is 5.75 Å².